The number of nitrogens with one attached hydrogen (secondary N) is 1. The van der Waals surface area contributed by atoms with E-state index in [9.17, 15) is 4.79 Å². The monoisotopic (exact) mass is 325 g/mol. The Labute approximate surface area is 145 Å². The number of hydrogen-bond acceptors (Lipinski definition) is 2. The van der Waals surface area contributed by atoms with Crippen molar-refractivity contribution >= 4 is 11.6 Å². The fourth-order valence-corrected chi connectivity index (χ4v) is 2.81. The number of anilines is 1. The number of carbonyl (C=O) groups excluding carboxylic acids is 1. The van der Waals surface area contributed by atoms with Crippen molar-refractivity contribution in [2.75, 3.05) is 5.32 Å². The van der Waals surface area contributed by atoms with E-state index in [4.69, 9.17) is 4.74 Å². The van der Waals surface area contributed by atoms with Crippen molar-refractivity contribution in [3.8, 4) is 5.75 Å². The number of hydrogen-bond donors (Lipinski definition) is 1. The number of para-hydroxylation sites is 1. The molecular formula is C21H27NO2. The Balaban J connectivity index is 2.05. The maximum Gasteiger partial charge on any atom is 0.265 e. The summed E-state index contributed by atoms with van der Waals surface area (Å²) in [6, 6.07) is 13.9. The molecule has 0 bridgehead atoms. The molecule has 0 heterocycles. The molecule has 3 nitrogen and oxygen atoms in total. The average molecular weight is 325 g/mol. The highest BCUT2D eigenvalue weighted by atomic mass is 16.5. The highest BCUT2D eigenvalue weighted by Gasteiger charge is 2.16. The van der Waals surface area contributed by atoms with Gasteiger partial charge in [-0.15, -0.1) is 0 Å². The molecular weight excluding hydrogens is 298 g/mol. The SMILES string of the molecule is CCc1ccccc1NC(=O)C(C)Oc1ccc(C(C)C)c(C)c1. The molecule has 1 unspecified atom stereocenters. The standard InChI is InChI=1S/C21H27NO2/c1-6-17-9-7-8-10-20(17)22-21(23)16(5)24-18-11-12-19(14(2)3)15(4)13-18/h7-14,16H,6H2,1-5H3,(H,22,23). The Morgan fingerprint density at radius 3 is 2.46 bits per heavy atom. The summed E-state index contributed by atoms with van der Waals surface area (Å²) in [5.74, 6) is 1.06. The lowest BCUT2D eigenvalue weighted by Crippen LogP contribution is -2.30. The number of rotatable bonds is 6. The molecule has 0 saturated carbocycles. The lowest BCUT2D eigenvalue weighted by molar-refractivity contribution is -0.122. The van der Waals surface area contributed by atoms with Crippen LogP contribution in [0.2, 0.25) is 0 Å². The molecule has 1 amide bonds. The molecule has 2 aromatic carbocycles. The summed E-state index contributed by atoms with van der Waals surface area (Å²) in [5, 5.41) is 2.96. The minimum Gasteiger partial charge on any atom is -0.481 e. The van der Waals surface area contributed by atoms with Crippen LogP contribution in [0.15, 0.2) is 42.5 Å². The van der Waals surface area contributed by atoms with Crippen LogP contribution in [0.3, 0.4) is 0 Å². The first-order valence-electron chi connectivity index (χ1n) is 8.58. The second kappa shape index (κ2) is 8.00. The minimum atomic E-state index is -0.556. The van der Waals surface area contributed by atoms with Crippen molar-refractivity contribution in [1.29, 1.82) is 0 Å². The second-order valence-electron chi connectivity index (χ2n) is 6.43. The van der Waals surface area contributed by atoms with Gasteiger partial charge in [0.15, 0.2) is 6.10 Å². The highest BCUT2D eigenvalue weighted by Crippen LogP contribution is 2.24. The van der Waals surface area contributed by atoms with E-state index in [0.29, 0.717) is 5.92 Å². The average Bonchev–Trinajstić information content (AvgIpc) is 2.55. The fraction of sp³-hybridized carbons (Fsp3) is 0.381. The Hall–Kier alpha value is -2.29. The number of benzene rings is 2. The van der Waals surface area contributed by atoms with Gasteiger partial charge in [0.2, 0.25) is 0 Å². The summed E-state index contributed by atoms with van der Waals surface area (Å²) in [5.41, 5.74) is 4.46. The van der Waals surface area contributed by atoms with Crippen LogP contribution in [-0.2, 0) is 11.2 Å². The first-order valence-corrected chi connectivity index (χ1v) is 8.58. The third kappa shape index (κ3) is 4.38. The number of ether oxygens (including phenoxy) is 1. The Morgan fingerprint density at radius 2 is 1.83 bits per heavy atom. The molecule has 0 aliphatic rings. The van der Waals surface area contributed by atoms with Gasteiger partial charge in [0.1, 0.15) is 5.75 Å². The van der Waals surface area contributed by atoms with Gasteiger partial charge in [-0.2, -0.15) is 0 Å². The van der Waals surface area contributed by atoms with Crippen LogP contribution >= 0.6 is 0 Å². The normalized spacial score (nSPS) is 12.1. The lowest BCUT2D eigenvalue weighted by Gasteiger charge is -2.18. The maximum absolute atomic E-state index is 12.4. The highest BCUT2D eigenvalue weighted by molar-refractivity contribution is 5.94. The number of carbonyl (C=O) groups is 1. The maximum atomic E-state index is 12.4. The minimum absolute atomic E-state index is 0.138. The first kappa shape index (κ1) is 18.1. The molecule has 1 N–H and O–H groups in total. The van der Waals surface area contributed by atoms with Crippen LogP contribution < -0.4 is 10.1 Å². The summed E-state index contributed by atoms with van der Waals surface area (Å²) in [6.45, 7) is 10.3. The first-order chi connectivity index (χ1) is 11.4. The van der Waals surface area contributed by atoms with E-state index in [2.05, 4.69) is 39.1 Å². The Morgan fingerprint density at radius 1 is 1.12 bits per heavy atom. The molecule has 3 heteroatoms. The van der Waals surface area contributed by atoms with Gasteiger partial charge in [0.25, 0.3) is 5.91 Å². The van der Waals surface area contributed by atoms with E-state index in [1.165, 1.54) is 11.1 Å². The molecule has 24 heavy (non-hydrogen) atoms. The van der Waals surface area contributed by atoms with Crippen molar-refractivity contribution < 1.29 is 9.53 Å². The van der Waals surface area contributed by atoms with Crippen molar-refractivity contribution in [1.82, 2.24) is 0 Å². The van der Waals surface area contributed by atoms with Crippen LogP contribution in [0.5, 0.6) is 5.75 Å². The van der Waals surface area contributed by atoms with Gasteiger partial charge in [0.05, 0.1) is 0 Å². The van der Waals surface area contributed by atoms with Crippen molar-refractivity contribution in [2.24, 2.45) is 0 Å². The third-order valence-corrected chi connectivity index (χ3v) is 4.20. The van der Waals surface area contributed by atoms with Crippen LogP contribution in [0, 0.1) is 6.92 Å². The fourth-order valence-electron chi connectivity index (χ4n) is 2.81. The van der Waals surface area contributed by atoms with E-state index >= 15 is 0 Å². The third-order valence-electron chi connectivity index (χ3n) is 4.20. The van der Waals surface area contributed by atoms with Crippen molar-refractivity contribution in [3.05, 3.63) is 59.2 Å². The van der Waals surface area contributed by atoms with Gasteiger partial charge in [-0.1, -0.05) is 45.0 Å². The molecule has 0 saturated heterocycles. The number of aryl methyl sites for hydroxylation is 2. The predicted octanol–water partition coefficient (Wildman–Crippen LogP) is 5.09. The molecule has 1 atom stereocenters. The molecule has 0 spiro atoms. The van der Waals surface area contributed by atoms with E-state index < -0.39 is 6.10 Å². The molecule has 128 valence electrons. The largest absolute Gasteiger partial charge is 0.481 e. The van der Waals surface area contributed by atoms with Crippen LogP contribution in [0.25, 0.3) is 0 Å². The van der Waals surface area contributed by atoms with Crippen molar-refractivity contribution in [2.45, 2.75) is 53.1 Å². The summed E-state index contributed by atoms with van der Waals surface area (Å²) in [7, 11) is 0. The molecule has 2 rings (SSSR count). The van der Waals surface area contributed by atoms with E-state index in [1.54, 1.807) is 6.92 Å². The quantitative estimate of drug-likeness (QED) is 0.803. The zero-order valence-electron chi connectivity index (χ0n) is 15.2. The summed E-state index contributed by atoms with van der Waals surface area (Å²) < 4.78 is 5.83. The van der Waals surface area contributed by atoms with Gasteiger partial charge < -0.3 is 10.1 Å². The van der Waals surface area contributed by atoms with Gasteiger partial charge in [-0.3, -0.25) is 4.79 Å². The van der Waals surface area contributed by atoms with E-state index in [1.807, 2.05) is 36.4 Å². The number of amides is 1. The van der Waals surface area contributed by atoms with Gasteiger partial charge >= 0.3 is 0 Å². The van der Waals surface area contributed by atoms with Gasteiger partial charge in [-0.25, -0.2) is 0 Å². The lowest BCUT2D eigenvalue weighted by atomic mass is 9.98. The zero-order chi connectivity index (χ0) is 17.7. The van der Waals surface area contributed by atoms with E-state index in [0.717, 1.165) is 23.4 Å². The van der Waals surface area contributed by atoms with Crippen molar-refractivity contribution in [3.63, 3.8) is 0 Å². The smallest absolute Gasteiger partial charge is 0.265 e. The van der Waals surface area contributed by atoms with Crippen LogP contribution in [-0.4, -0.2) is 12.0 Å². The van der Waals surface area contributed by atoms with Gasteiger partial charge in [0, 0.05) is 5.69 Å². The zero-order valence-corrected chi connectivity index (χ0v) is 15.2. The Kier molecular flexibility index (Phi) is 6.02. The summed E-state index contributed by atoms with van der Waals surface area (Å²) >= 11 is 0. The van der Waals surface area contributed by atoms with E-state index in [-0.39, 0.29) is 5.91 Å². The summed E-state index contributed by atoms with van der Waals surface area (Å²) in [6.07, 6.45) is 0.320. The predicted molar refractivity (Wildman–Crippen MR) is 99.8 cm³/mol. The molecule has 0 aromatic heterocycles. The molecule has 0 fully saturated rings. The molecule has 0 aliphatic carbocycles. The second-order valence-corrected chi connectivity index (χ2v) is 6.43. The van der Waals surface area contributed by atoms with Gasteiger partial charge in [-0.05, 0) is 61.1 Å². The topological polar surface area (TPSA) is 38.3 Å². The molecule has 0 aliphatic heterocycles. The van der Waals surface area contributed by atoms with Crippen LogP contribution in [0.4, 0.5) is 5.69 Å². The molecule has 2 aromatic rings. The van der Waals surface area contributed by atoms with Crippen LogP contribution in [0.1, 0.15) is 50.3 Å². The summed E-state index contributed by atoms with van der Waals surface area (Å²) in [4.78, 5) is 12.4. The Bertz CT molecular complexity index is 707. The molecule has 0 radical (unpaired) electrons.